The Labute approximate surface area is 641 Å². The van der Waals surface area contributed by atoms with Gasteiger partial charge in [-0.25, -0.2) is 0 Å². The van der Waals surface area contributed by atoms with Crippen LogP contribution in [0, 0.1) is 0 Å². The van der Waals surface area contributed by atoms with Crippen molar-refractivity contribution in [3.05, 3.63) is 203 Å². The van der Waals surface area contributed by atoms with Crippen molar-refractivity contribution in [1.29, 1.82) is 0 Å². The van der Waals surface area contributed by atoms with Gasteiger partial charge in [0.05, 0.1) is 48.7 Å². The molecule has 8 aliphatic heterocycles. The summed E-state index contributed by atoms with van der Waals surface area (Å²) in [6.07, 6.45) is 3.85. The molecule has 8 heterocycles. The van der Waals surface area contributed by atoms with Crippen molar-refractivity contribution < 1.29 is 95.8 Å². The fraction of sp³-hybridized carbons (Fsp3) is 0.295. The van der Waals surface area contributed by atoms with E-state index in [-0.39, 0.29) is 187 Å². The average Bonchev–Trinajstić information content (AvgIpc) is 0.916. The summed E-state index contributed by atoms with van der Waals surface area (Å²) in [5, 5.41) is 22.5. The molecular formula is C88H76N4O20. The van der Waals surface area contributed by atoms with E-state index in [1.165, 1.54) is 24.3 Å². The van der Waals surface area contributed by atoms with Gasteiger partial charge in [0.15, 0.2) is 0 Å². The Bertz CT molecular complexity index is 4990. The number of rotatable bonds is 28. The van der Waals surface area contributed by atoms with Crippen molar-refractivity contribution in [2.45, 2.75) is 87.9 Å². The van der Waals surface area contributed by atoms with Crippen LogP contribution in [0.15, 0.2) is 170 Å². The van der Waals surface area contributed by atoms with Gasteiger partial charge in [-0.15, -0.1) is 0 Å². The highest BCUT2D eigenvalue weighted by Gasteiger charge is 2.48. The van der Waals surface area contributed by atoms with Crippen molar-refractivity contribution in [1.82, 2.24) is 19.6 Å². The van der Waals surface area contributed by atoms with Gasteiger partial charge in [-0.1, -0.05) is 48.5 Å². The lowest BCUT2D eigenvalue weighted by atomic mass is 9.80. The third-order valence-corrected chi connectivity index (χ3v) is 21.7. The molecule has 6 atom stereocenters. The van der Waals surface area contributed by atoms with Gasteiger partial charge in [0.25, 0.3) is 23.6 Å². The SMILES string of the molecule is O=C(C(Cc1ccc(O)cc1)N1C(=O)c2cc(Oc3cccc(OCC4CO4)c3)c3c4c(Oc5cccc(OCC6CO6)c5)cc5c6c(cc(Oc7cccc(OCC8CO8)c7)c(c7c(Oc8cccc(OCC9CO9)c8)cc(c2c37)C1=O)c64)C(=O)N(C(Cc1ccc(O)cc1)C(=O)N1CCCCC1)C5=O)N1CCCCC1. The number of phenolic OH excluding ortho intramolecular Hbond substituents is 2. The molecule has 0 radical (unpaired) electrons. The fourth-order valence-corrected chi connectivity index (χ4v) is 15.8. The summed E-state index contributed by atoms with van der Waals surface area (Å²) >= 11 is 0. The maximum Gasteiger partial charge on any atom is 0.262 e. The molecule has 112 heavy (non-hydrogen) atoms. The zero-order chi connectivity index (χ0) is 75.8. The van der Waals surface area contributed by atoms with Crippen molar-refractivity contribution >= 4 is 78.5 Å². The molecule has 6 unspecified atom stereocenters. The molecule has 24 heteroatoms. The van der Waals surface area contributed by atoms with Gasteiger partial charge in [-0.3, -0.25) is 38.6 Å². The summed E-state index contributed by atoms with van der Waals surface area (Å²) < 4.78 is 76.9. The van der Waals surface area contributed by atoms with Crippen LogP contribution in [-0.4, -0.2) is 181 Å². The first-order valence-electron chi connectivity index (χ1n) is 38.1. The zero-order valence-electron chi connectivity index (χ0n) is 60.8. The van der Waals surface area contributed by atoms with Gasteiger partial charge in [-0.05, 0) is 147 Å². The third kappa shape index (κ3) is 14.0. The lowest BCUT2D eigenvalue weighted by Crippen LogP contribution is -2.56. The summed E-state index contributed by atoms with van der Waals surface area (Å²) in [6.45, 7) is 4.64. The first-order chi connectivity index (χ1) is 54.7. The minimum absolute atomic E-state index is 0.00632. The van der Waals surface area contributed by atoms with Crippen LogP contribution in [0.3, 0.4) is 0 Å². The zero-order valence-corrected chi connectivity index (χ0v) is 60.8. The number of ether oxygens (including phenoxy) is 12. The highest BCUT2D eigenvalue weighted by atomic mass is 16.6. The van der Waals surface area contributed by atoms with Crippen LogP contribution < -0.4 is 37.9 Å². The lowest BCUT2D eigenvalue weighted by molar-refractivity contribution is -0.137. The van der Waals surface area contributed by atoms with E-state index in [2.05, 4.69) is 0 Å². The standard InChI is InChI=1S/C88H76N4O20/c93-51-23-19-49(20-24-51)31-69(87(99)89-27-3-1-4-28-89)91-83(95)65-37-71(109-57-15-7-11-53(33-57)101-41-61-45-105-61)77-79-73(111-59-17-9-13-55(35-59)103-43-63-47-107-63)39-67-76-68(86(98)92(85(67)97)70(32-50-21-25-52(94)26-22-50)88(100)90-29-5-2-6-30-90)40-74(112-60-18-10-14-56(36-60)104-44-64-48-108-64)80(82(76)79)78-72(38-66(84(91)96)75(65)81(77)78)110-58-16-8-12-54(34-58)102-42-62-46-106-62/h7-26,33-40,61-64,69-70,93-94H,1-6,27-32,41-48H2. The summed E-state index contributed by atoms with van der Waals surface area (Å²) in [6, 6.07) is 43.7. The van der Waals surface area contributed by atoms with Gasteiger partial charge >= 0.3 is 0 Å². The van der Waals surface area contributed by atoms with Gasteiger partial charge in [0.2, 0.25) is 11.8 Å². The summed E-state index contributed by atoms with van der Waals surface area (Å²) in [4.78, 5) is 104. The topological polar surface area (TPSA) is 280 Å². The molecule has 6 saturated heterocycles. The Kier molecular flexibility index (Phi) is 18.3. The number of phenols is 2. The summed E-state index contributed by atoms with van der Waals surface area (Å²) in [7, 11) is 0. The molecular weight excluding hydrogens is 1430 g/mol. The van der Waals surface area contributed by atoms with Crippen molar-refractivity contribution in [3.8, 4) is 80.5 Å². The van der Waals surface area contributed by atoms with Gasteiger partial charge in [0.1, 0.15) is 143 Å². The molecule has 19 rings (SSSR count). The molecule has 0 spiro atoms. The van der Waals surface area contributed by atoms with Gasteiger partial charge in [0, 0.05) is 106 Å². The van der Waals surface area contributed by atoms with Crippen molar-refractivity contribution in [2.75, 3.05) is 79.0 Å². The first kappa shape index (κ1) is 70.2. The molecule has 0 bridgehead atoms. The Morgan fingerprint density at radius 2 is 0.598 bits per heavy atom. The number of aromatic hydroxyl groups is 2. The molecule has 568 valence electrons. The van der Waals surface area contributed by atoms with E-state index in [4.69, 9.17) is 56.8 Å². The number of piperidine rings is 2. The number of carbonyl (C=O) groups excluding carboxylic acids is 6. The second kappa shape index (κ2) is 29.2. The van der Waals surface area contributed by atoms with Crippen LogP contribution in [0.25, 0.3) is 43.1 Å². The predicted octanol–water partition coefficient (Wildman–Crippen LogP) is 13.9. The number of benzene rings is 11. The first-order valence-corrected chi connectivity index (χ1v) is 38.1. The van der Waals surface area contributed by atoms with Crippen LogP contribution >= 0.6 is 0 Å². The van der Waals surface area contributed by atoms with Crippen molar-refractivity contribution in [2.24, 2.45) is 0 Å². The number of imide groups is 2. The predicted molar refractivity (Wildman–Crippen MR) is 408 cm³/mol. The molecule has 0 saturated carbocycles. The van der Waals surface area contributed by atoms with Crippen LogP contribution in [-0.2, 0) is 41.4 Å². The molecule has 11 aromatic carbocycles. The van der Waals surface area contributed by atoms with E-state index in [1.807, 2.05) is 0 Å². The maximum atomic E-state index is 16.8. The lowest BCUT2D eigenvalue weighted by Gasteiger charge is -2.38. The van der Waals surface area contributed by atoms with Gasteiger partial charge < -0.3 is 76.9 Å². The number of amides is 6. The van der Waals surface area contributed by atoms with Crippen LogP contribution in [0.5, 0.6) is 80.5 Å². The number of epoxide rings is 4. The quantitative estimate of drug-likeness (QED) is 0.0199. The normalized spacial score (nSPS) is 19.4. The maximum absolute atomic E-state index is 16.8. The number of likely N-dealkylation sites (tertiary alicyclic amines) is 2. The van der Waals surface area contributed by atoms with E-state index >= 15 is 28.8 Å². The molecule has 2 N–H and O–H groups in total. The molecule has 6 fully saturated rings. The summed E-state index contributed by atoms with van der Waals surface area (Å²) in [5.41, 5.74) is 0.903. The molecule has 6 amide bonds. The van der Waals surface area contributed by atoms with E-state index in [0.29, 0.717) is 112 Å². The van der Waals surface area contributed by atoms with Gasteiger partial charge in [-0.2, -0.15) is 0 Å². The Hall–Kier alpha value is -12.2. The smallest absolute Gasteiger partial charge is 0.262 e. The monoisotopic (exact) mass is 1510 g/mol. The summed E-state index contributed by atoms with van der Waals surface area (Å²) in [5.74, 6) is -1.75. The van der Waals surface area contributed by atoms with E-state index in [0.717, 1.165) is 22.6 Å². The Morgan fingerprint density at radius 1 is 0.339 bits per heavy atom. The fourth-order valence-electron chi connectivity index (χ4n) is 15.8. The molecule has 24 nitrogen and oxygen atoms in total. The minimum Gasteiger partial charge on any atom is -0.508 e. The van der Waals surface area contributed by atoms with Crippen LogP contribution in [0.2, 0.25) is 0 Å². The largest absolute Gasteiger partial charge is 0.508 e. The number of nitrogens with zero attached hydrogens (tertiary/aromatic N) is 4. The Balaban J connectivity index is 0.924. The minimum atomic E-state index is -1.43. The van der Waals surface area contributed by atoms with E-state index in [9.17, 15) is 10.2 Å². The molecule has 11 aromatic rings. The highest BCUT2D eigenvalue weighted by Crippen LogP contribution is 2.59. The highest BCUT2D eigenvalue weighted by molar-refractivity contribution is 6.45. The van der Waals surface area contributed by atoms with E-state index < -0.39 is 47.5 Å². The number of hydrogen-bond acceptors (Lipinski definition) is 20. The average molecular weight is 1510 g/mol. The second-order valence-corrected chi connectivity index (χ2v) is 29.6. The Morgan fingerprint density at radius 3 is 0.857 bits per heavy atom. The number of carbonyl (C=O) groups is 6. The number of fused-ring (bicyclic) bond motifs is 2. The van der Waals surface area contributed by atoms with Crippen LogP contribution in [0.1, 0.15) is 91.1 Å². The van der Waals surface area contributed by atoms with Crippen LogP contribution in [0.4, 0.5) is 0 Å². The third-order valence-electron chi connectivity index (χ3n) is 21.7. The number of hydrogen-bond donors (Lipinski definition) is 2. The molecule has 8 aliphatic rings. The van der Waals surface area contributed by atoms with E-state index in [1.54, 1.807) is 155 Å². The second-order valence-electron chi connectivity index (χ2n) is 29.6. The molecule has 0 aliphatic carbocycles. The van der Waals surface area contributed by atoms with Crippen molar-refractivity contribution in [3.63, 3.8) is 0 Å². The molecule has 0 aromatic heterocycles.